The van der Waals surface area contributed by atoms with E-state index in [1.54, 1.807) is 44.8 Å². The van der Waals surface area contributed by atoms with E-state index >= 15 is 0 Å². The number of H-pyrrole nitrogens is 1. The number of hydrogen-bond donors (Lipinski definition) is 1. The van der Waals surface area contributed by atoms with Crippen LogP contribution in [0.2, 0.25) is 0 Å². The Bertz CT molecular complexity index is 1100. The molecule has 1 aromatic carbocycles. The fourth-order valence-electron chi connectivity index (χ4n) is 3.34. The van der Waals surface area contributed by atoms with Crippen molar-refractivity contribution in [3.63, 3.8) is 0 Å². The minimum Gasteiger partial charge on any atom is -0.493 e. The average Bonchev–Trinajstić information content (AvgIpc) is 3.24. The first kappa shape index (κ1) is 17.8. The molecule has 28 heavy (non-hydrogen) atoms. The van der Waals surface area contributed by atoms with E-state index in [0.717, 1.165) is 22.2 Å². The Kier molecular flexibility index (Phi) is 4.57. The molecule has 0 unspecified atom stereocenters. The topological polar surface area (TPSA) is 84.5 Å². The maximum Gasteiger partial charge on any atom is 0.257 e. The van der Waals surface area contributed by atoms with E-state index in [2.05, 4.69) is 9.97 Å². The van der Waals surface area contributed by atoms with Gasteiger partial charge in [-0.15, -0.1) is 0 Å². The van der Waals surface area contributed by atoms with Crippen molar-refractivity contribution in [1.29, 1.82) is 0 Å². The second-order valence-corrected chi connectivity index (χ2v) is 6.46. The van der Waals surface area contributed by atoms with Crippen LogP contribution in [0.4, 0.5) is 0 Å². The SMILES string of the molecule is COc1ccc(CN2C(=O)CC(=Cc3c[nH]c4ncccc34)C2=O)cc1OC. The van der Waals surface area contributed by atoms with Gasteiger partial charge in [0.1, 0.15) is 5.65 Å². The molecule has 0 bridgehead atoms. The number of fused-ring (bicyclic) bond motifs is 1. The maximum atomic E-state index is 12.8. The molecule has 3 aromatic rings. The summed E-state index contributed by atoms with van der Waals surface area (Å²) >= 11 is 0. The Hall–Kier alpha value is -3.61. The number of carbonyl (C=O) groups excluding carboxylic acids is 2. The van der Waals surface area contributed by atoms with Gasteiger partial charge in [0, 0.05) is 28.9 Å². The van der Waals surface area contributed by atoms with Crippen LogP contribution in [0.3, 0.4) is 0 Å². The molecule has 0 aliphatic carbocycles. The smallest absolute Gasteiger partial charge is 0.257 e. The van der Waals surface area contributed by atoms with Gasteiger partial charge in [0.15, 0.2) is 11.5 Å². The lowest BCUT2D eigenvalue weighted by molar-refractivity contribution is -0.138. The van der Waals surface area contributed by atoms with Gasteiger partial charge in [-0.3, -0.25) is 14.5 Å². The number of aromatic nitrogens is 2. The van der Waals surface area contributed by atoms with Crippen molar-refractivity contribution in [3.05, 3.63) is 59.4 Å². The Morgan fingerprint density at radius 3 is 2.79 bits per heavy atom. The van der Waals surface area contributed by atoms with Crippen LogP contribution in [-0.2, 0) is 16.1 Å². The molecule has 4 rings (SSSR count). The molecule has 1 aliphatic rings. The summed E-state index contributed by atoms with van der Waals surface area (Å²) in [5.74, 6) is 0.655. The highest BCUT2D eigenvalue weighted by Gasteiger charge is 2.34. The van der Waals surface area contributed by atoms with Gasteiger partial charge in [-0.25, -0.2) is 4.98 Å². The van der Waals surface area contributed by atoms with Crippen molar-refractivity contribution in [3.8, 4) is 11.5 Å². The molecule has 2 amide bonds. The second kappa shape index (κ2) is 7.19. The van der Waals surface area contributed by atoms with Crippen molar-refractivity contribution in [1.82, 2.24) is 14.9 Å². The van der Waals surface area contributed by atoms with E-state index < -0.39 is 0 Å². The zero-order valence-electron chi connectivity index (χ0n) is 15.6. The van der Waals surface area contributed by atoms with E-state index in [-0.39, 0.29) is 24.8 Å². The molecule has 0 radical (unpaired) electrons. The van der Waals surface area contributed by atoms with Gasteiger partial charge in [0.05, 0.1) is 27.2 Å². The number of nitrogens with zero attached hydrogens (tertiary/aromatic N) is 2. The van der Waals surface area contributed by atoms with Crippen LogP contribution in [0, 0.1) is 0 Å². The Labute approximate surface area is 161 Å². The third-order valence-corrected chi connectivity index (χ3v) is 4.76. The van der Waals surface area contributed by atoms with Crippen LogP contribution >= 0.6 is 0 Å². The van der Waals surface area contributed by atoms with E-state index in [1.165, 1.54) is 4.90 Å². The molecular formula is C21H19N3O4. The highest BCUT2D eigenvalue weighted by Crippen LogP contribution is 2.30. The lowest BCUT2D eigenvalue weighted by Gasteiger charge is -2.15. The van der Waals surface area contributed by atoms with Crippen LogP contribution in [0.25, 0.3) is 17.1 Å². The van der Waals surface area contributed by atoms with E-state index in [1.807, 2.05) is 18.2 Å². The summed E-state index contributed by atoms with van der Waals surface area (Å²) in [7, 11) is 3.10. The number of methoxy groups -OCH3 is 2. The van der Waals surface area contributed by atoms with Crippen molar-refractivity contribution in [2.45, 2.75) is 13.0 Å². The van der Waals surface area contributed by atoms with Gasteiger partial charge < -0.3 is 14.5 Å². The summed E-state index contributed by atoms with van der Waals surface area (Å²) in [5.41, 5.74) is 2.84. The maximum absolute atomic E-state index is 12.8. The monoisotopic (exact) mass is 377 g/mol. The normalized spacial score (nSPS) is 15.6. The first-order chi connectivity index (χ1) is 13.6. The van der Waals surface area contributed by atoms with Gasteiger partial charge in [-0.2, -0.15) is 0 Å². The lowest BCUT2D eigenvalue weighted by Crippen LogP contribution is -2.28. The number of hydrogen-bond acceptors (Lipinski definition) is 5. The number of benzene rings is 1. The Balaban J connectivity index is 1.59. The van der Waals surface area contributed by atoms with Gasteiger partial charge >= 0.3 is 0 Å². The van der Waals surface area contributed by atoms with Crippen LogP contribution in [0.1, 0.15) is 17.5 Å². The molecule has 7 nitrogen and oxygen atoms in total. The molecule has 142 valence electrons. The third-order valence-electron chi connectivity index (χ3n) is 4.76. The quantitative estimate of drug-likeness (QED) is 0.546. The van der Waals surface area contributed by atoms with Gasteiger partial charge in [-0.1, -0.05) is 6.07 Å². The summed E-state index contributed by atoms with van der Waals surface area (Å²) in [4.78, 5) is 33.9. The first-order valence-corrected chi connectivity index (χ1v) is 8.79. The van der Waals surface area contributed by atoms with Crippen LogP contribution in [0.5, 0.6) is 11.5 Å². The number of imide groups is 1. The molecule has 1 N–H and O–H groups in total. The van der Waals surface area contributed by atoms with Crippen LogP contribution in [-0.4, -0.2) is 40.9 Å². The summed E-state index contributed by atoms with van der Waals surface area (Å²) in [6, 6.07) is 9.10. The molecule has 0 atom stereocenters. The fourth-order valence-corrected chi connectivity index (χ4v) is 3.34. The summed E-state index contributed by atoms with van der Waals surface area (Å²) in [6.45, 7) is 0.185. The largest absolute Gasteiger partial charge is 0.493 e. The molecule has 0 spiro atoms. The number of amides is 2. The van der Waals surface area contributed by atoms with Crippen molar-refractivity contribution >= 4 is 28.9 Å². The molecule has 1 fully saturated rings. The fraction of sp³-hybridized carbons (Fsp3) is 0.190. The van der Waals surface area contributed by atoms with E-state index in [4.69, 9.17) is 9.47 Å². The predicted molar refractivity (Wildman–Crippen MR) is 104 cm³/mol. The van der Waals surface area contributed by atoms with Crippen LogP contribution in [0.15, 0.2) is 48.3 Å². The van der Waals surface area contributed by atoms with E-state index in [0.29, 0.717) is 17.1 Å². The molecule has 1 aliphatic heterocycles. The molecule has 3 heterocycles. The van der Waals surface area contributed by atoms with Gasteiger partial charge in [0.25, 0.3) is 5.91 Å². The van der Waals surface area contributed by atoms with Crippen molar-refractivity contribution in [2.75, 3.05) is 14.2 Å². The van der Waals surface area contributed by atoms with Crippen molar-refractivity contribution in [2.24, 2.45) is 0 Å². The number of likely N-dealkylation sites (tertiary alicyclic amines) is 1. The summed E-state index contributed by atoms with van der Waals surface area (Å²) < 4.78 is 10.5. The lowest BCUT2D eigenvalue weighted by atomic mass is 10.1. The van der Waals surface area contributed by atoms with Crippen molar-refractivity contribution < 1.29 is 19.1 Å². The first-order valence-electron chi connectivity index (χ1n) is 8.79. The number of rotatable bonds is 5. The zero-order valence-corrected chi connectivity index (χ0v) is 15.6. The predicted octanol–water partition coefficient (Wildman–Crippen LogP) is 2.92. The molecule has 7 heteroatoms. The summed E-state index contributed by atoms with van der Waals surface area (Å²) in [5, 5.41) is 0.911. The Morgan fingerprint density at radius 1 is 1.18 bits per heavy atom. The highest BCUT2D eigenvalue weighted by molar-refractivity contribution is 6.16. The standard InChI is InChI=1S/C21H19N3O4/c1-27-17-6-5-13(8-18(17)28-2)12-24-19(25)10-14(21(24)26)9-15-11-23-20-16(15)4-3-7-22-20/h3-9,11H,10,12H2,1-2H3,(H,22,23). The highest BCUT2D eigenvalue weighted by atomic mass is 16.5. The van der Waals surface area contributed by atoms with E-state index in [9.17, 15) is 9.59 Å². The molecule has 1 saturated heterocycles. The number of carbonyl (C=O) groups is 2. The van der Waals surface area contributed by atoms with Gasteiger partial charge in [-0.05, 0) is 35.9 Å². The zero-order chi connectivity index (χ0) is 19.7. The molecular weight excluding hydrogens is 358 g/mol. The average molecular weight is 377 g/mol. The molecule has 0 saturated carbocycles. The minimum absolute atomic E-state index is 0.0824. The Morgan fingerprint density at radius 2 is 2.00 bits per heavy atom. The second-order valence-electron chi connectivity index (χ2n) is 6.46. The minimum atomic E-state index is -0.280. The number of aromatic amines is 1. The number of nitrogens with one attached hydrogen (secondary N) is 1. The summed E-state index contributed by atoms with van der Waals surface area (Å²) in [6.07, 6.45) is 5.33. The third kappa shape index (κ3) is 3.11. The van der Waals surface area contributed by atoms with Crippen LogP contribution < -0.4 is 9.47 Å². The number of ether oxygens (including phenoxy) is 2. The number of pyridine rings is 1. The molecule has 2 aromatic heterocycles. The van der Waals surface area contributed by atoms with Gasteiger partial charge in [0.2, 0.25) is 5.91 Å².